The summed E-state index contributed by atoms with van der Waals surface area (Å²) in [6.45, 7) is 3.99. The minimum Gasteiger partial charge on any atom is -0.349 e. The van der Waals surface area contributed by atoms with Gasteiger partial charge in [0.15, 0.2) is 0 Å². The van der Waals surface area contributed by atoms with Crippen LogP contribution in [0.25, 0.3) is 11.0 Å². The first-order valence-corrected chi connectivity index (χ1v) is 17.0. The maximum absolute atomic E-state index is 14.2. The van der Waals surface area contributed by atoms with Gasteiger partial charge in [-0.15, -0.1) is 11.3 Å². The molecule has 11 heteroatoms. The standard InChI is InChI=1S/C32H36FN5O3S2/c1-19-4-3-5-21(16-19)6-11-27-28(43-20(2)35-27)30(39)36-23-7-9-24(10-8-23)38-31(40)26-17-22(33)18-34-29(26)37(32(38)41)25-12-14-42-15-13-25/h3-5,16-18,23-25H,6-15H2,1-2H3,(H,36,39). The van der Waals surface area contributed by atoms with E-state index in [0.29, 0.717) is 37.0 Å². The van der Waals surface area contributed by atoms with E-state index < -0.39 is 11.4 Å². The number of aryl methyl sites for hydroxylation is 4. The van der Waals surface area contributed by atoms with Crippen molar-refractivity contribution in [3.8, 4) is 0 Å². The van der Waals surface area contributed by atoms with Gasteiger partial charge in [0.2, 0.25) is 0 Å². The van der Waals surface area contributed by atoms with E-state index >= 15 is 0 Å². The third kappa shape index (κ3) is 6.33. The lowest BCUT2D eigenvalue weighted by atomic mass is 9.90. The number of halogens is 1. The second kappa shape index (κ2) is 12.7. The molecule has 0 spiro atoms. The van der Waals surface area contributed by atoms with Crippen molar-refractivity contribution in [3.05, 3.63) is 89.9 Å². The Hall–Kier alpha value is -3.31. The van der Waals surface area contributed by atoms with Crippen LogP contribution in [0.1, 0.15) is 82.1 Å². The van der Waals surface area contributed by atoms with E-state index in [1.165, 1.54) is 33.1 Å². The van der Waals surface area contributed by atoms with Crippen LogP contribution in [-0.4, -0.2) is 42.6 Å². The fourth-order valence-corrected chi connectivity index (χ4v) is 8.43. The van der Waals surface area contributed by atoms with Crippen LogP contribution in [-0.2, 0) is 12.8 Å². The first-order valence-electron chi connectivity index (χ1n) is 15.0. The molecule has 1 saturated heterocycles. The van der Waals surface area contributed by atoms with Crippen LogP contribution in [0.15, 0.2) is 46.1 Å². The fraction of sp³-hybridized carbons (Fsp3) is 0.469. The van der Waals surface area contributed by atoms with Gasteiger partial charge in [0, 0.05) is 18.1 Å². The highest BCUT2D eigenvalue weighted by molar-refractivity contribution is 7.99. The van der Waals surface area contributed by atoms with Crippen LogP contribution in [0, 0.1) is 19.7 Å². The van der Waals surface area contributed by atoms with Crippen molar-refractivity contribution in [3.63, 3.8) is 0 Å². The van der Waals surface area contributed by atoms with E-state index in [9.17, 15) is 18.8 Å². The van der Waals surface area contributed by atoms with E-state index in [1.54, 1.807) is 4.57 Å². The van der Waals surface area contributed by atoms with Gasteiger partial charge in [-0.2, -0.15) is 11.8 Å². The monoisotopic (exact) mass is 621 g/mol. The van der Waals surface area contributed by atoms with Gasteiger partial charge in [-0.25, -0.2) is 19.2 Å². The average Bonchev–Trinajstić information content (AvgIpc) is 3.38. The Kier molecular flexibility index (Phi) is 8.81. The van der Waals surface area contributed by atoms with Gasteiger partial charge in [-0.05, 0) is 88.3 Å². The van der Waals surface area contributed by atoms with Gasteiger partial charge in [0.05, 0.1) is 22.3 Å². The molecule has 2 fully saturated rings. The molecule has 1 aliphatic carbocycles. The molecule has 226 valence electrons. The molecule has 8 nitrogen and oxygen atoms in total. The lowest BCUT2D eigenvalue weighted by molar-refractivity contribution is 0.0924. The summed E-state index contributed by atoms with van der Waals surface area (Å²) >= 11 is 3.27. The smallest absolute Gasteiger partial charge is 0.333 e. The van der Waals surface area contributed by atoms with Crippen LogP contribution in [0.4, 0.5) is 4.39 Å². The molecule has 1 aliphatic heterocycles. The maximum atomic E-state index is 14.2. The van der Waals surface area contributed by atoms with Gasteiger partial charge >= 0.3 is 5.69 Å². The molecule has 4 heterocycles. The quantitative estimate of drug-likeness (QED) is 0.291. The van der Waals surface area contributed by atoms with Gasteiger partial charge in [-0.1, -0.05) is 29.8 Å². The van der Waals surface area contributed by atoms with Gasteiger partial charge in [0.1, 0.15) is 16.3 Å². The average molecular weight is 622 g/mol. The highest BCUT2D eigenvalue weighted by atomic mass is 32.2. The van der Waals surface area contributed by atoms with E-state index in [2.05, 4.69) is 40.4 Å². The number of amides is 1. The van der Waals surface area contributed by atoms with Gasteiger partial charge in [0.25, 0.3) is 11.5 Å². The first kappa shape index (κ1) is 29.7. The summed E-state index contributed by atoms with van der Waals surface area (Å²) in [6, 6.07) is 9.13. The Morgan fingerprint density at radius 3 is 2.49 bits per heavy atom. The molecule has 0 bridgehead atoms. The molecule has 1 aromatic carbocycles. The topological polar surface area (TPSA) is 98.9 Å². The summed E-state index contributed by atoms with van der Waals surface area (Å²) in [4.78, 5) is 50.3. The molecule has 43 heavy (non-hydrogen) atoms. The molecule has 0 radical (unpaired) electrons. The number of benzene rings is 1. The van der Waals surface area contributed by atoms with Crippen LogP contribution in [0.3, 0.4) is 0 Å². The number of pyridine rings is 1. The SMILES string of the molecule is Cc1cccc(CCc2nc(C)sc2C(=O)NC2CCC(n3c(=O)c4cc(F)cnc4n(C4CCSCC4)c3=O)CC2)c1. The highest BCUT2D eigenvalue weighted by Gasteiger charge is 2.30. The van der Waals surface area contributed by atoms with Crippen LogP contribution < -0.4 is 16.6 Å². The Labute approximate surface area is 257 Å². The number of carbonyl (C=O) groups is 1. The second-order valence-corrected chi connectivity index (χ2v) is 14.1. The zero-order valence-corrected chi connectivity index (χ0v) is 26.1. The number of hydrogen-bond donors (Lipinski definition) is 1. The molecule has 4 aromatic rings. The second-order valence-electron chi connectivity index (χ2n) is 11.7. The highest BCUT2D eigenvalue weighted by Crippen LogP contribution is 2.31. The molecule has 6 rings (SSSR count). The molecule has 1 N–H and O–H groups in total. The fourth-order valence-electron chi connectivity index (χ4n) is 6.48. The van der Waals surface area contributed by atoms with Crippen molar-refractivity contribution in [2.24, 2.45) is 0 Å². The number of nitrogens with one attached hydrogen (secondary N) is 1. The lowest BCUT2D eigenvalue weighted by Gasteiger charge is -2.31. The summed E-state index contributed by atoms with van der Waals surface area (Å²) < 4.78 is 17.2. The number of thiazole rings is 1. The van der Waals surface area contributed by atoms with Crippen molar-refractivity contribution in [1.29, 1.82) is 0 Å². The molecule has 1 amide bonds. The number of nitrogens with zero attached hydrogens (tertiary/aromatic N) is 4. The molecule has 3 aromatic heterocycles. The third-order valence-corrected chi connectivity index (χ3v) is 10.7. The normalized spacial score (nSPS) is 19.5. The van der Waals surface area contributed by atoms with E-state index in [4.69, 9.17) is 0 Å². The van der Waals surface area contributed by atoms with Gasteiger partial charge < -0.3 is 5.32 Å². The molecule has 0 unspecified atom stereocenters. The number of rotatable bonds is 7. The van der Waals surface area contributed by atoms with Crippen molar-refractivity contribution < 1.29 is 9.18 Å². The van der Waals surface area contributed by atoms with Crippen molar-refractivity contribution in [1.82, 2.24) is 24.4 Å². The summed E-state index contributed by atoms with van der Waals surface area (Å²) in [5, 5.41) is 4.21. The molecule has 0 atom stereocenters. The van der Waals surface area contributed by atoms with E-state index in [0.717, 1.165) is 47.7 Å². The molecule has 1 saturated carbocycles. The molecular weight excluding hydrogens is 586 g/mol. The lowest BCUT2D eigenvalue weighted by Crippen LogP contribution is -2.46. The minimum atomic E-state index is -0.594. The van der Waals surface area contributed by atoms with Crippen LogP contribution in [0.5, 0.6) is 0 Å². The maximum Gasteiger partial charge on any atom is 0.333 e. The first-order chi connectivity index (χ1) is 20.8. The van der Waals surface area contributed by atoms with E-state index in [-0.39, 0.29) is 40.8 Å². The predicted octanol–water partition coefficient (Wildman–Crippen LogP) is 5.54. The Balaban J connectivity index is 1.17. The zero-order valence-electron chi connectivity index (χ0n) is 24.5. The number of aromatic nitrogens is 4. The van der Waals surface area contributed by atoms with Crippen molar-refractivity contribution in [2.45, 2.75) is 83.3 Å². The molecular formula is C32H36FN5O3S2. The van der Waals surface area contributed by atoms with Crippen molar-refractivity contribution >= 4 is 40.0 Å². The third-order valence-electron chi connectivity index (χ3n) is 8.62. The number of hydrogen-bond acceptors (Lipinski definition) is 7. The Morgan fingerprint density at radius 2 is 1.74 bits per heavy atom. The largest absolute Gasteiger partial charge is 0.349 e. The minimum absolute atomic E-state index is 0.0661. The predicted molar refractivity (Wildman–Crippen MR) is 170 cm³/mol. The summed E-state index contributed by atoms with van der Waals surface area (Å²) in [5.74, 6) is 1.14. The Bertz CT molecular complexity index is 1770. The number of fused-ring (bicyclic) bond motifs is 1. The summed E-state index contributed by atoms with van der Waals surface area (Å²) in [6.07, 6.45) is 6.60. The Morgan fingerprint density at radius 1 is 1.00 bits per heavy atom. The summed E-state index contributed by atoms with van der Waals surface area (Å²) in [7, 11) is 0. The molecule has 2 aliphatic rings. The number of carbonyl (C=O) groups excluding carboxylic acids is 1. The number of thioether (sulfide) groups is 1. The van der Waals surface area contributed by atoms with Crippen molar-refractivity contribution in [2.75, 3.05) is 11.5 Å². The summed E-state index contributed by atoms with van der Waals surface area (Å²) in [5.41, 5.74) is 2.67. The van der Waals surface area contributed by atoms with Crippen LogP contribution in [0.2, 0.25) is 0 Å². The van der Waals surface area contributed by atoms with Gasteiger partial charge in [-0.3, -0.25) is 18.7 Å². The zero-order chi connectivity index (χ0) is 30.1. The van der Waals surface area contributed by atoms with Crippen LogP contribution >= 0.6 is 23.1 Å². The van der Waals surface area contributed by atoms with E-state index in [1.807, 2.05) is 24.8 Å².